The number of hydrogen-bond acceptors (Lipinski definition) is 3. The van der Waals surface area contributed by atoms with E-state index in [9.17, 15) is 9.90 Å². The van der Waals surface area contributed by atoms with Crippen molar-refractivity contribution in [1.82, 2.24) is 4.98 Å². The molecule has 4 nitrogen and oxygen atoms in total. The molecule has 0 amide bonds. The minimum Gasteiger partial charge on any atom is -0.473 e. The van der Waals surface area contributed by atoms with Crippen molar-refractivity contribution in [3.05, 3.63) is 22.4 Å². The lowest BCUT2D eigenvalue weighted by Gasteiger charge is -2.14. The molecule has 17 heavy (non-hydrogen) atoms. The Labute approximate surface area is 99.3 Å². The van der Waals surface area contributed by atoms with Crippen LogP contribution in [0, 0.1) is 0 Å². The molecular weight excluding hydrogens is 218 g/mol. The minimum absolute atomic E-state index is 0.155. The zero-order valence-electron chi connectivity index (χ0n) is 9.91. The normalized spacial score (nSPS) is 26.3. The first-order valence-electron chi connectivity index (χ1n) is 5.95. The summed E-state index contributed by atoms with van der Waals surface area (Å²) in [5.41, 5.74) is 3.45. The second-order valence-corrected chi connectivity index (χ2v) is 4.65. The van der Waals surface area contributed by atoms with Gasteiger partial charge in [0.15, 0.2) is 11.7 Å². The highest BCUT2D eigenvalue weighted by Crippen LogP contribution is 2.42. The Bertz CT molecular complexity index is 527. The van der Waals surface area contributed by atoms with Crippen LogP contribution in [0.25, 0.3) is 6.08 Å². The summed E-state index contributed by atoms with van der Waals surface area (Å²) in [6.45, 7) is 3.81. The minimum atomic E-state index is -0.604. The summed E-state index contributed by atoms with van der Waals surface area (Å²) in [6, 6.07) is 0. The number of carbonyl (C=O) groups excluding carboxylic acids is 1. The van der Waals surface area contributed by atoms with Gasteiger partial charge in [0.25, 0.3) is 0 Å². The molecule has 0 bridgehead atoms. The molecule has 0 spiro atoms. The first-order valence-corrected chi connectivity index (χ1v) is 5.95. The molecular formula is C13H15NO3. The van der Waals surface area contributed by atoms with Crippen LogP contribution in [0.3, 0.4) is 0 Å². The average Bonchev–Trinajstić information content (AvgIpc) is 2.75. The Balaban J connectivity index is 2.14. The van der Waals surface area contributed by atoms with Crippen LogP contribution in [-0.2, 0) is 11.2 Å². The maximum Gasteiger partial charge on any atom is 0.198 e. The zero-order valence-corrected chi connectivity index (χ0v) is 9.91. The van der Waals surface area contributed by atoms with Crippen LogP contribution in [0.5, 0.6) is 5.88 Å². The third-order valence-corrected chi connectivity index (χ3v) is 3.56. The number of H-pyrrole nitrogens is 1. The van der Waals surface area contributed by atoms with Crippen LogP contribution in [0.1, 0.15) is 43.2 Å². The number of aromatic nitrogens is 1. The highest BCUT2D eigenvalue weighted by atomic mass is 16.5. The van der Waals surface area contributed by atoms with E-state index in [2.05, 4.69) is 4.98 Å². The van der Waals surface area contributed by atoms with Gasteiger partial charge in [-0.15, -0.1) is 0 Å². The molecule has 1 aromatic rings. The standard InChI is InChI=1S/C13H15NO3/c1-3-7-4-8-9(5-10(7)15)14-13-11(8)12(16)6(2)17-13/h4,6,12,14,16H,3,5H2,1-2H3. The van der Waals surface area contributed by atoms with Gasteiger partial charge in [0.1, 0.15) is 12.2 Å². The smallest absolute Gasteiger partial charge is 0.198 e. The molecule has 2 aliphatic rings. The summed E-state index contributed by atoms with van der Waals surface area (Å²) >= 11 is 0. The zero-order chi connectivity index (χ0) is 12.2. The van der Waals surface area contributed by atoms with Crippen LogP contribution < -0.4 is 4.74 Å². The molecule has 2 atom stereocenters. The molecule has 90 valence electrons. The molecule has 3 rings (SSSR count). The van der Waals surface area contributed by atoms with E-state index in [0.717, 1.165) is 28.8 Å². The maximum atomic E-state index is 11.8. The number of aromatic amines is 1. The van der Waals surface area contributed by atoms with Crippen molar-refractivity contribution in [2.24, 2.45) is 0 Å². The van der Waals surface area contributed by atoms with Crippen molar-refractivity contribution < 1.29 is 14.6 Å². The predicted octanol–water partition coefficient (Wildman–Crippen LogP) is 1.75. The van der Waals surface area contributed by atoms with E-state index in [1.54, 1.807) is 0 Å². The van der Waals surface area contributed by atoms with Gasteiger partial charge in [0.05, 0.1) is 12.0 Å². The van der Waals surface area contributed by atoms with E-state index in [-0.39, 0.29) is 11.9 Å². The molecule has 0 saturated heterocycles. The fourth-order valence-corrected chi connectivity index (χ4v) is 2.56. The SMILES string of the molecule is CCC1=Cc2c([nH]c3c2C(O)C(C)O3)CC1=O. The van der Waals surface area contributed by atoms with Crippen LogP contribution in [0.4, 0.5) is 0 Å². The van der Waals surface area contributed by atoms with E-state index in [0.29, 0.717) is 12.3 Å². The third-order valence-electron chi connectivity index (χ3n) is 3.56. The Kier molecular flexibility index (Phi) is 2.16. The van der Waals surface area contributed by atoms with E-state index in [1.807, 2.05) is 19.9 Å². The van der Waals surface area contributed by atoms with Crippen LogP contribution in [-0.4, -0.2) is 22.0 Å². The molecule has 4 heteroatoms. The van der Waals surface area contributed by atoms with Crippen molar-refractivity contribution >= 4 is 11.9 Å². The predicted molar refractivity (Wildman–Crippen MR) is 62.8 cm³/mol. The average molecular weight is 233 g/mol. The van der Waals surface area contributed by atoms with Crippen LogP contribution in [0.15, 0.2) is 5.57 Å². The Hall–Kier alpha value is -1.55. The third kappa shape index (κ3) is 1.37. The van der Waals surface area contributed by atoms with Crippen LogP contribution in [0.2, 0.25) is 0 Å². The van der Waals surface area contributed by atoms with Crippen LogP contribution >= 0.6 is 0 Å². The highest BCUT2D eigenvalue weighted by molar-refractivity contribution is 6.03. The van der Waals surface area contributed by atoms with Crippen molar-refractivity contribution in [3.63, 3.8) is 0 Å². The van der Waals surface area contributed by atoms with Crippen molar-refractivity contribution in [2.45, 2.75) is 38.9 Å². The Morgan fingerprint density at radius 3 is 3.06 bits per heavy atom. The Morgan fingerprint density at radius 1 is 1.59 bits per heavy atom. The van der Waals surface area contributed by atoms with Gasteiger partial charge in [-0.1, -0.05) is 6.92 Å². The van der Waals surface area contributed by atoms with Gasteiger partial charge in [-0.25, -0.2) is 0 Å². The number of nitrogens with one attached hydrogen (secondary N) is 1. The monoisotopic (exact) mass is 233 g/mol. The van der Waals surface area contributed by atoms with E-state index < -0.39 is 6.10 Å². The van der Waals surface area contributed by atoms with Crippen molar-refractivity contribution in [2.75, 3.05) is 0 Å². The van der Waals surface area contributed by atoms with Gasteiger partial charge in [-0.2, -0.15) is 0 Å². The quantitative estimate of drug-likeness (QED) is 0.776. The lowest BCUT2D eigenvalue weighted by atomic mass is 9.91. The van der Waals surface area contributed by atoms with Gasteiger partial charge < -0.3 is 14.8 Å². The molecule has 1 aromatic heterocycles. The first-order chi connectivity index (χ1) is 8.11. The Morgan fingerprint density at radius 2 is 2.35 bits per heavy atom. The molecule has 2 N–H and O–H groups in total. The van der Waals surface area contributed by atoms with Gasteiger partial charge in [-0.05, 0) is 25.0 Å². The largest absolute Gasteiger partial charge is 0.473 e. The van der Waals surface area contributed by atoms with E-state index in [4.69, 9.17) is 4.74 Å². The lowest BCUT2D eigenvalue weighted by molar-refractivity contribution is -0.115. The molecule has 0 saturated carbocycles. The topological polar surface area (TPSA) is 62.3 Å². The second-order valence-electron chi connectivity index (χ2n) is 4.65. The first kappa shape index (κ1) is 10.6. The molecule has 2 unspecified atom stereocenters. The summed E-state index contributed by atoms with van der Waals surface area (Å²) in [6.07, 6.45) is 2.17. The molecule has 0 fully saturated rings. The van der Waals surface area contributed by atoms with E-state index >= 15 is 0 Å². The number of ketones is 1. The van der Waals surface area contributed by atoms with Gasteiger partial charge >= 0.3 is 0 Å². The molecule has 1 aliphatic carbocycles. The van der Waals surface area contributed by atoms with Crippen molar-refractivity contribution in [3.8, 4) is 5.88 Å². The number of rotatable bonds is 1. The fraction of sp³-hybridized carbons (Fsp3) is 0.462. The van der Waals surface area contributed by atoms with Gasteiger partial charge in [0.2, 0.25) is 0 Å². The van der Waals surface area contributed by atoms with E-state index in [1.165, 1.54) is 0 Å². The maximum absolute atomic E-state index is 11.8. The molecule has 2 heterocycles. The highest BCUT2D eigenvalue weighted by Gasteiger charge is 2.36. The number of carbonyl (C=O) groups is 1. The number of allylic oxidation sites excluding steroid dienone is 1. The summed E-state index contributed by atoms with van der Waals surface area (Å²) < 4.78 is 5.53. The number of fused-ring (bicyclic) bond motifs is 3. The number of aliphatic hydroxyl groups is 1. The number of aliphatic hydroxyl groups excluding tert-OH is 1. The number of hydrogen-bond donors (Lipinski definition) is 2. The summed E-state index contributed by atoms with van der Waals surface area (Å²) in [4.78, 5) is 14.9. The number of ether oxygens (including phenoxy) is 1. The summed E-state index contributed by atoms with van der Waals surface area (Å²) in [5, 5.41) is 10.1. The molecule has 0 aromatic carbocycles. The second kappa shape index (κ2) is 3.47. The number of Topliss-reactive ketones (excluding diaryl/α,β-unsaturated/α-hetero) is 1. The van der Waals surface area contributed by atoms with Gasteiger partial charge in [0, 0.05) is 11.3 Å². The van der Waals surface area contributed by atoms with Crippen molar-refractivity contribution in [1.29, 1.82) is 0 Å². The lowest BCUT2D eigenvalue weighted by Crippen LogP contribution is -2.17. The summed E-state index contributed by atoms with van der Waals surface area (Å²) in [7, 11) is 0. The van der Waals surface area contributed by atoms with Gasteiger partial charge in [-0.3, -0.25) is 4.79 Å². The molecule has 1 aliphatic heterocycles. The molecule has 0 radical (unpaired) electrons. The fourth-order valence-electron chi connectivity index (χ4n) is 2.56. The summed E-state index contributed by atoms with van der Waals surface area (Å²) in [5.74, 6) is 0.777.